The predicted octanol–water partition coefficient (Wildman–Crippen LogP) is 9.03. The van der Waals surface area contributed by atoms with Gasteiger partial charge in [-0.25, -0.2) is 4.79 Å². The number of carbonyl (C=O) groups is 3. The summed E-state index contributed by atoms with van der Waals surface area (Å²) >= 11 is 0. The van der Waals surface area contributed by atoms with Crippen molar-refractivity contribution >= 4 is 40.2 Å². The van der Waals surface area contributed by atoms with Crippen LogP contribution < -0.4 is 21.1 Å². The van der Waals surface area contributed by atoms with Gasteiger partial charge in [0.25, 0.3) is 0 Å². The zero-order valence-electron chi connectivity index (χ0n) is 36.1. The quantitative estimate of drug-likeness (QED) is 0.0718. The van der Waals surface area contributed by atoms with E-state index in [-0.39, 0.29) is 35.6 Å². The van der Waals surface area contributed by atoms with E-state index in [0.29, 0.717) is 49.5 Å². The second kappa shape index (κ2) is 21.4. The Balaban J connectivity index is 0.769. The molecule has 1 unspecified atom stereocenters. The number of para-hydroxylation sites is 1. The number of amides is 3. The number of likely N-dealkylation sites (tertiary alicyclic amines) is 1. The van der Waals surface area contributed by atoms with Gasteiger partial charge in [-0.05, 0) is 96.2 Å². The topological polar surface area (TPSA) is 144 Å². The largest absolute Gasteiger partial charge is 0.506 e. The van der Waals surface area contributed by atoms with Gasteiger partial charge in [0.15, 0.2) is 0 Å². The maximum absolute atomic E-state index is 13.1. The fourth-order valence-electron chi connectivity index (χ4n) is 8.31. The van der Waals surface area contributed by atoms with Crippen molar-refractivity contribution in [2.75, 3.05) is 36.9 Å². The average Bonchev–Trinajstić information content (AvgIpc) is 3.29. The van der Waals surface area contributed by atoms with Gasteiger partial charge < -0.3 is 29.9 Å². The van der Waals surface area contributed by atoms with Crippen LogP contribution in [0.2, 0.25) is 0 Å². The summed E-state index contributed by atoms with van der Waals surface area (Å²) in [6.45, 7) is 4.81. The van der Waals surface area contributed by atoms with E-state index < -0.39 is 6.09 Å². The number of pyridine rings is 1. The Hall–Kier alpha value is -6.72. The molecule has 1 aliphatic heterocycles. The molecule has 7 rings (SSSR count). The summed E-state index contributed by atoms with van der Waals surface area (Å²) in [7, 11) is 1.78. The van der Waals surface area contributed by atoms with Gasteiger partial charge in [0.05, 0.1) is 17.6 Å². The number of rotatable bonds is 17. The van der Waals surface area contributed by atoms with E-state index in [0.717, 1.165) is 77.7 Å². The minimum absolute atomic E-state index is 0.00985. The van der Waals surface area contributed by atoms with Crippen LogP contribution >= 0.6 is 0 Å². The molecule has 63 heavy (non-hydrogen) atoms. The number of anilines is 2. The Kier molecular flexibility index (Phi) is 15.0. The summed E-state index contributed by atoms with van der Waals surface area (Å²) < 4.78 is 5.78. The summed E-state index contributed by atoms with van der Waals surface area (Å²) in [5.41, 5.74) is 7.97. The van der Waals surface area contributed by atoms with E-state index in [1.807, 2.05) is 84.9 Å². The van der Waals surface area contributed by atoms with Crippen LogP contribution in [0.25, 0.3) is 22.0 Å². The highest BCUT2D eigenvalue weighted by molar-refractivity contribution is 5.93. The Morgan fingerprint density at radius 1 is 0.841 bits per heavy atom. The highest BCUT2D eigenvalue weighted by atomic mass is 16.6. The fraction of sp³-hybridized carbons (Fsp3) is 0.308. The molecule has 11 heteroatoms. The summed E-state index contributed by atoms with van der Waals surface area (Å²) in [6, 6.07) is 40.4. The number of nitrogens with one attached hydrogen (secondary N) is 3. The SMILES string of the molecule is CC(CCCc1ccc(O)c2[nH]c(=O)ccc12)Cc1ccc(CNC(=O)Cc2ccc(N(C)C(=O)CCN3CCC(OC(=O)Nc4ccccc4-c4ccccc4)CC3)cc2)cc1. The summed E-state index contributed by atoms with van der Waals surface area (Å²) in [4.78, 5) is 57.2. The molecule has 1 atom stereocenters. The van der Waals surface area contributed by atoms with E-state index in [1.165, 1.54) is 11.6 Å². The molecule has 6 aromatic rings. The monoisotopic (exact) mass is 847 g/mol. The minimum Gasteiger partial charge on any atom is -0.506 e. The Morgan fingerprint density at radius 3 is 2.30 bits per heavy atom. The van der Waals surface area contributed by atoms with Crippen molar-refractivity contribution in [2.45, 2.75) is 70.9 Å². The molecule has 1 aromatic heterocycles. The van der Waals surface area contributed by atoms with E-state index in [1.54, 1.807) is 24.1 Å². The van der Waals surface area contributed by atoms with Gasteiger partial charge in [-0.3, -0.25) is 19.7 Å². The summed E-state index contributed by atoms with van der Waals surface area (Å²) in [5.74, 6) is 0.511. The molecule has 0 spiro atoms. The first kappa shape index (κ1) is 44.3. The fourth-order valence-corrected chi connectivity index (χ4v) is 8.31. The van der Waals surface area contributed by atoms with Gasteiger partial charge in [0, 0.05) is 62.4 Å². The van der Waals surface area contributed by atoms with Gasteiger partial charge in [0.2, 0.25) is 17.4 Å². The lowest BCUT2D eigenvalue weighted by atomic mass is 9.93. The Labute approximate surface area is 369 Å². The molecule has 4 N–H and O–H groups in total. The third kappa shape index (κ3) is 12.4. The number of aromatic amines is 1. The van der Waals surface area contributed by atoms with Gasteiger partial charge >= 0.3 is 6.09 Å². The lowest BCUT2D eigenvalue weighted by molar-refractivity contribution is -0.120. The number of benzene rings is 5. The van der Waals surface area contributed by atoms with Crippen molar-refractivity contribution in [2.24, 2.45) is 5.92 Å². The third-order valence-electron chi connectivity index (χ3n) is 12.0. The molecular weight excluding hydrogens is 791 g/mol. The van der Waals surface area contributed by atoms with Crippen LogP contribution in [0.15, 0.2) is 132 Å². The maximum atomic E-state index is 13.1. The van der Waals surface area contributed by atoms with Crippen LogP contribution in [0, 0.1) is 5.92 Å². The normalized spacial score (nSPS) is 13.6. The van der Waals surface area contributed by atoms with Crippen molar-refractivity contribution in [1.29, 1.82) is 0 Å². The minimum atomic E-state index is -0.461. The molecule has 11 nitrogen and oxygen atoms in total. The summed E-state index contributed by atoms with van der Waals surface area (Å²) in [6.07, 6.45) is 5.24. The number of phenolic OH excluding ortho intramolecular Hbond substituents is 1. The number of aromatic hydroxyl groups is 1. The van der Waals surface area contributed by atoms with E-state index in [2.05, 4.69) is 51.7 Å². The zero-order valence-corrected chi connectivity index (χ0v) is 36.1. The van der Waals surface area contributed by atoms with Crippen molar-refractivity contribution in [3.8, 4) is 16.9 Å². The van der Waals surface area contributed by atoms with Gasteiger partial charge in [-0.15, -0.1) is 0 Å². The molecule has 1 aliphatic rings. The first-order valence-corrected chi connectivity index (χ1v) is 22.0. The number of hydrogen-bond acceptors (Lipinski definition) is 7. The van der Waals surface area contributed by atoms with Crippen molar-refractivity contribution in [1.82, 2.24) is 15.2 Å². The average molecular weight is 848 g/mol. The van der Waals surface area contributed by atoms with Crippen LogP contribution in [-0.4, -0.2) is 65.7 Å². The number of ether oxygens (including phenoxy) is 1. The molecule has 1 fully saturated rings. The predicted molar refractivity (Wildman–Crippen MR) is 250 cm³/mol. The molecule has 0 radical (unpaired) electrons. The number of carbonyl (C=O) groups excluding carboxylic acids is 3. The highest BCUT2D eigenvalue weighted by Gasteiger charge is 2.24. The molecule has 0 bridgehead atoms. The molecule has 5 aromatic carbocycles. The number of hydrogen-bond donors (Lipinski definition) is 4. The van der Waals surface area contributed by atoms with Gasteiger partial charge in [0.1, 0.15) is 11.9 Å². The number of piperidine rings is 1. The Morgan fingerprint density at radius 2 is 1.54 bits per heavy atom. The second-order valence-electron chi connectivity index (χ2n) is 16.7. The number of aryl methyl sites for hydroxylation is 1. The van der Waals surface area contributed by atoms with Crippen LogP contribution in [0.4, 0.5) is 16.2 Å². The molecule has 326 valence electrons. The summed E-state index contributed by atoms with van der Waals surface area (Å²) in [5, 5.41) is 17.0. The van der Waals surface area contributed by atoms with Crippen molar-refractivity contribution < 1.29 is 24.2 Å². The van der Waals surface area contributed by atoms with Gasteiger partial charge in [-0.1, -0.05) is 104 Å². The molecule has 0 saturated carbocycles. The first-order chi connectivity index (χ1) is 30.6. The lowest BCUT2D eigenvalue weighted by Gasteiger charge is -2.31. The number of fused-ring (bicyclic) bond motifs is 1. The number of H-pyrrole nitrogens is 1. The van der Waals surface area contributed by atoms with Crippen molar-refractivity contribution in [3.63, 3.8) is 0 Å². The molecule has 2 heterocycles. The smallest absolute Gasteiger partial charge is 0.411 e. The van der Waals surface area contributed by atoms with Crippen LogP contribution in [0.1, 0.15) is 61.3 Å². The molecular formula is C52H57N5O6. The van der Waals surface area contributed by atoms with E-state index >= 15 is 0 Å². The van der Waals surface area contributed by atoms with Crippen LogP contribution in [0.5, 0.6) is 5.75 Å². The number of phenols is 1. The lowest BCUT2D eigenvalue weighted by Crippen LogP contribution is -2.40. The molecule has 3 amide bonds. The highest BCUT2D eigenvalue weighted by Crippen LogP contribution is 2.29. The second-order valence-corrected chi connectivity index (χ2v) is 16.7. The molecule has 1 saturated heterocycles. The maximum Gasteiger partial charge on any atom is 0.411 e. The molecule has 0 aliphatic carbocycles. The standard InChI is InChI=1S/C52H57N5O6/c1-36(9-8-12-41-21-25-47(58)51-45(41)24-26-48(59)55-51)33-37-15-17-39(18-16-37)35-53-49(60)34-38-19-22-42(23-20-38)56(2)50(61)29-32-57-30-27-43(28-31-57)63-52(62)54-46-14-7-6-13-44(46)40-10-4-3-5-11-40/h3-7,10-11,13-26,36,43,58H,8-9,12,27-35H2,1-2H3,(H,53,60)(H,54,62)(H,55,59). The van der Waals surface area contributed by atoms with Gasteiger partial charge in [-0.2, -0.15) is 0 Å². The first-order valence-electron chi connectivity index (χ1n) is 22.0. The van der Waals surface area contributed by atoms with E-state index in [4.69, 9.17) is 4.74 Å². The third-order valence-corrected chi connectivity index (χ3v) is 12.0. The van der Waals surface area contributed by atoms with Crippen LogP contribution in [0.3, 0.4) is 0 Å². The van der Waals surface area contributed by atoms with E-state index in [9.17, 15) is 24.3 Å². The number of nitrogens with zero attached hydrogens (tertiary/aromatic N) is 2. The zero-order chi connectivity index (χ0) is 44.1. The number of aromatic nitrogens is 1. The van der Waals surface area contributed by atoms with Crippen LogP contribution in [-0.2, 0) is 40.1 Å². The Bertz CT molecular complexity index is 2530. The van der Waals surface area contributed by atoms with Crippen molar-refractivity contribution in [3.05, 3.63) is 160 Å².